The van der Waals surface area contributed by atoms with Crippen LogP contribution in [0.25, 0.3) is 0 Å². The topological polar surface area (TPSA) is 54.0 Å². The highest BCUT2D eigenvalue weighted by Crippen LogP contribution is 2.35. The second-order valence-electron chi connectivity index (χ2n) is 4.99. The lowest BCUT2D eigenvalue weighted by Gasteiger charge is -2.19. The van der Waals surface area contributed by atoms with Gasteiger partial charge >= 0.3 is 5.97 Å². The van der Waals surface area contributed by atoms with Crippen LogP contribution >= 0.6 is 15.9 Å². The number of carbonyl (C=O) groups excluding carboxylic acids is 1. The van der Waals surface area contributed by atoms with Crippen LogP contribution in [-0.2, 0) is 16.1 Å². The minimum atomic E-state index is -0.527. The lowest BCUT2D eigenvalue weighted by Crippen LogP contribution is -2.17. The number of esters is 1. The Kier molecular flexibility index (Phi) is 5.20. The Bertz CT molecular complexity index is 733. The molecule has 0 bridgehead atoms. The Morgan fingerprint density at radius 2 is 1.79 bits per heavy atom. The van der Waals surface area contributed by atoms with Crippen molar-refractivity contribution in [1.82, 2.24) is 0 Å². The first-order valence-corrected chi connectivity index (χ1v) is 8.03. The third-order valence-electron chi connectivity index (χ3n) is 3.27. The van der Waals surface area contributed by atoms with E-state index in [1.54, 1.807) is 12.1 Å². The summed E-state index contributed by atoms with van der Waals surface area (Å²) in [5.74, 6) is 0.782. The zero-order chi connectivity index (χ0) is 16.9. The van der Waals surface area contributed by atoms with E-state index in [0.29, 0.717) is 30.5 Å². The van der Waals surface area contributed by atoms with Crippen LogP contribution in [0.5, 0.6) is 17.2 Å². The van der Waals surface area contributed by atoms with Crippen LogP contribution in [0.4, 0.5) is 4.39 Å². The molecule has 0 amide bonds. The minimum absolute atomic E-state index is 0.0723. The van der Waals surface area contributed by atoms with Gasteiger partial charge in [-0.25, -0.2) is 9.18 Å². The van der Waals surface area contributed by atoms with Crippen molar-refractivity contribution in [3.63, 3.8) is 0 Å². The first-order chi connectivity index (χ1) is 11.6. The minimum Gasteiger partial charge on any atom is -0.486 e. The molecule has 7 heteroatoms. The van der Waals surface area contributed by atoms with Crippen LogP contribution < -0.4 is 14.2 Å². The fourth-order valence-electron chi connectivity index (χ4n) is 2.09. The maximum atomic E-state index is 12.8. The van der Waals surface area contributed by atoms with Crippen LogP contribution in [0.1, 0.15) is 5.56 Å². The molecule has 1 aliphatic heterocycles. The molecule has 1 heterocycles. The molecule has 0 aromatic heterocycles. The smallest absolute Gasteiger partial charge is 0.344 e. The number of hydrogen-bond acceptors (Lipinski definition) is 5. The summed E-state index contributed by atoms with van der Waals surface area (Å²) in [7, 11) is 0. The van der Waals surface area contributed by atoms with Crippen molar-refractivity contribution in [2.24, 2.45) is 0 Å². The van der Waals surface area contributed by atoms with E-state index < -0.39 is 5.97 Å². The van der Waals surface area contributed by atoms with Crippen LogP contribution in [0.15, 0.2) is 40.9 Å². The summed E-state index contributed by atoms with van der Waals surface area (Å²) in [4.78, 5) is 11.8. The van der Waals surface area contributed by atoms with E-state index in [-0.39, 0.29) is 19.0 Å². The van der Waals surface area contributed by atoms with Gasteiger partial charge in [-0.2, -0.15) is 0 Å². The van der Waals surface area contributed by atoms with Gasteiger partial charge in [0.2, 0.25) is 0 Å². The van der Waals surface area contributed by atoms with E-state index in [1.807, 2.05) is 0 Å². The second kappa shape index (κ2) is 7.53. The molecule has 0 radical (unpaired) electrons. The van der Waals surface area contributed by atoms with Crippen molar-refractivity contribution in [2.75, 3.05) is 19.8 Å². The highest BCUT2D eigenvalue weighted by Gasteiger charge is 2.16. The van der Waals surface area contributed by atoms with Crippen molar-refractivity contribution >= 4 is 21.9 Å². The number of ether oxygens (including phenoxy) is 4. The van der Waals surface area contributed by atoms with E-state index in [1.165, 1.54) is 24.3 Å². The summed E-state index contributed by atoms with van der Waals surface area (Å²) >= 11 is 3.41. The van der Waals surface area contributed by atoms with Gasteiger partial charge in [-0.05, 0) is 36.4 Å². The normalized spacial score (nSPS) is 12.6. The van der Waals surface area contributed by atoms with E-state index in [4.69, 9.17) is 18.9 Å². The first kappa shape index (κ1) is 16.6. The second-order valence-corrected chi connectivity index (χ2v) is 5.84. The van der Waals surface area contributed by atoms with Crippen LogP contribution in [0, 0.1) is 5.82 Å². The summed E-state index contributed by atoms with van der Waals surface area (Å²) < 4.78 is 34.9. The largest absolute Gasteiger partial charge is 0.486 e. The quantitative estimate of drug-likeness (QED) is 0.724. The Balaban J connectivity index is 1.53. The van der Waals surface area contributed by atoms with Gasteiger partial charge in [0.05, 0.1) is 0 Å². The monoisotopic (exact) mass is 396 g/mol. The first-order valence-electron chi connectivity index (χ1n) is 7.24. The van der Waals surface area contributed by atoms with Crippen LogP contribution in [-0.4, -0.2) is 25.8 Å². The molecule has 5 nitrogen and oxygen atoms in total. The average Bonchev–Trinajstić information content (AvgIpc) is 2.59. The molecular formula is C17H14BrFO5. The molecule has 0 aliphatic carbocycles. The molecule has 3 rings (SSSR count). The molecule has 24 heavy (non-hydrogen) atoms. The third kappa shape index (κ3) is 4.17. The van der Waals surface area contributed by atoms with Gasteiger partial charge in [0.25, 0.3) is 0 Å². The zero-order valence-electron chi connectivity index (χ0n) is 12.6. The predicted octanol–water partition coefficient (Wildman–Crippen LogP) is 3.48. The summed E-state index contributed by atoms with van der Waals surface area (Å²) in [5, 5.41) is 0. The standard InChI is InChI=1S/C17H14BrFO5/c18-14-8-16-15(21-5-6-22-16)7-11(14)9-24-17(20)10-23-13-3-1-12(19)2-4-13/h1-4,7-8H,5-6,9-10H2. The van der Waals surface area contributed by atoms with Gasteiger partial charge in [0.1, 0.15) is 31.4 Å². The summed E-state index contributed by atoms with van der Waals surface area (Å²) in [6.07, 6.45) is 0. The van der Waals surface area contributed by atoms with Crippen molar-refractivity contribution in [2.45, 2.75) is 6.61 Å². The zero-order valence-corrected chi connectivity index (χ0v) is 14.2. The summed E-state index contributed by atoms with van der Waals surface area (Å²) in [6.45, 7) is 0.810. The molecule has 2 aromatic rings. The van der Waals surface area contributed by atoms with Crippen LogP contribution in [0.2, 0.25) is 0 Å². The molecular weight excluding hydrogens is 383 g/mol. The molecule has 0 spiro atoms. The van der Waals surface area contributed by atoms with E-state index in [2.05, 4.69) is 15.9 Å². The average molecular weight is 397 g/mol. The number of halogens is 2. The number of hydrogen-bond donors (Lipinski definition) is 0. The molecule has 126 valence electrons. The third-order valence-corrected chi connectivity index (χ3v) is 4.01. The Labute approximate surface area is 146 Å². The number of rotatable bonds is 5. The highest BCUT2D eigenvalue weighted by molar-refractivity contribution is 9.10. The Morgan fingerprint density at radius 3 is 2.50 bits per heavy atom. The van der Waals surface area contributed by atoms with Crippen molar-refractivity contribution in [1.29, 1.82) is 0 Å². The molecule has 0 atom stereocenters. The van der Waals surface area contributed by atoms with Gasteiger partial charge in [-0.3, -0.25) is 0 Å². The number of fused-ring (bicyclic) bond motifs is 1. The lowest BCUT2D eigenvalue weighted by atomic mass is 10.2. The lowest BCUT2D eigenvalue weighted by molar-refractivity contribution is -0.147. The van der Waals surface area contributed by atoms with Crippen LogP contribution in [0.3, 0.4) is 0 Å². The maximum Gasteiger partial charge on any atom is 0.344 e. The molecule has 1 aliphatic rings. The van der Waals surface area contributed by atoms with Gasteiger partial charge in [-0.15, -0.1) is 0 Å². The molecule has 2 aromatic carbocycles. The fourth-order valence-corrected chi connectivity index (χ4v) is 2.53. The Hall–Kier alpha value is -2.28. The van der Waals surface area contributed by atoms with E-state index >= 15 is 0 Å². The van der Waals surface area contributed by atoms with Gasteiger partial charge in [0, 0.05) is 10.0 Å². The highest BCUT2D eigenvalue weighted by atomic mass is 79.9. The molecule has 0 N–H and O–H groups in total. The van der Waals surface area contributed by atoms with Crippen molar-refractivity contribution < 1.29 is 28.1 Å². The summed E-state index contributed by atoms with van der Waals surface area (Å²) in [6, 6.07) is 8.96. The summed E-state index contributed by atoms with van der Waals surface area (Å²) in [5.41, 5.74) is 0.759. The van der Waals surface area contributed by atoms with Gasteiger partial charge in [0.15, 0.2) is 18.1 Å². The van der Waals surface area contributed by atoms with Gasteiger partial charge in [-0.1, -0.05) is 15.9 Å². The molecule has 0 fully saturated rings. The molecule has 0 saturated heterocycles. The van der Waals surface area contributed by atoms with E-state index in [0.717, 1.165) is 10.0 Å². The molecule has 0 saturated carbocycles. The SMILES string of the molecule is O=C(COc1ccc(F)cc1)OCc1cc2c(cc1Br)OCCO2. The maximum absolute atomic E-state index is 12.8. The van der Waals surface area contributed by atoms with Gasteiger partial charge < -0.3 is 18.9 Å². The van der Waals surface area contributed by atoms with E-state index in [9.17, 15) is 9.18 Å². The fraction of sp³-hybridized carbons (Fsp3) is 0.235. The number of benzene rings is 2. The predicted molar refractivity (Wildman–Crippen MR) is 86.8 cm³/mol. The Morgan fingerprint density at radius 1 is 1.12 bits per heavy atom. The van der Waals surface area contributed by atoms with Crippen molar-refractivity contribution in [3.8, 4) is 17.2 Å². The van der Waals surface area contributed by atoms with Crippen molar-refractivity contribution in [3.05, 3.63) is 52.3 Å². The number of carbonyl (C=O) groups is 1. The molecule has 0 unspecified atom stereocenters.